The zero-order valence-corrected chi connectivity index (χ0v) is 31.4. The summed E-state index contributed by atoms with van der Waals surface area (Å²) in [6.45, 7) is 2.61. The molecule has 5 aromatic rings. The fourth-order valence-electron chi connectivity index (χ4n) is 4.71. The predicted octanol–water partition coefficient (Wildman–Crippen LogP) is 10.0. The Morgan fingerprint density at radius 1 is 0.491 bits per heavy atom. The number of phosphoric ester groups is 2. The molecule has 0 aliphatic heterocycles. The summed E-state index contributed by atoms with van der Waals surface area (Å²) in [5, 5.41) is 10.4. The summed E-state index contributed by atoms with van der Waals surface area (Å²) < 4.78 is 75.2. The Morgan fingerprint density at radius 2 is 0.849 bits per heavy atom. The maximum atomic E-state index is 14.1. The molecule has 0 heterocycles. The molecule has 53 heavy (non-hydrogen) atoms. The molecular formula is C40H44O11P2. The van der Waals surface area contributed by atoms with Gasteiger partial charge in [0, 0.05) is 6.07 Å². The third kappa shape index (κ3) is 13.9. The Kier molecular flexibility index (Phi) is 15.3. The SMILES string of the molecule is CC(C)Oc1cc(OC(COP(=O)(OCc2ccccc2)OCc2ccccc2)COP(=O)(OCc2ccccc2)OCc2ccccc2)ccc1O. The minimum absolute atomic E-state index is 0.0569. The number of ether oxygens (including phenoxy) is 2. The third-order valence-electron chi connectivity index (χ3n) is 7.36. The van der Waals surface area contributed by atoms with E-state index in [0.717, 1.165) is 22.3 Å². The molecule has 280 valence electrons. The standard InChI is InChI=1S/C40H44O11P2/c1-32(2)50-40-25-37(23-24-39(40)41)51-38(30-48-52(42,44-26-33-15-7-3-8-16-33)45-27-34-17-9-4-10-18-34)31-49-53(43,46-28-35-19-11-5-12-20-35)47-29-36-21-13-6-14-22-36/h3-25,32,38,41H,26-31H2,1-2H3. The normalized spacial score (nSPS) is 11.9. The molecule has 0 bridgehead atoms. The zero-order valence-electron chi connectivity index (χ0n) is 29.6. The van der Waals surface area contributed by atoms with E-state index in [1.807, 2.05) is 135 Å². The fourth-order valence-corrected chi connectivity index (χ4v) is 7.08. The number of hydrogen-bond acceptors (Lipinski definition) is 11. The summed E-state index contributed by atoms with van der Waals surface area (Å²) in [6, 6.07) is 41.2. The Bertz CT molecular complexity index is 1690. The van der Waals surface area contributed by atoms with Gasteiger partial charge in [0.05, 0.1) is 45.7 Å². The second-order valence-electron chi connectivity index (χ2n) is 12.1. The lowest BCUT2D eigenvalue weighted by atomic mass is 10.2. The van der Waals surface area contributed by atoms with Crippen LogP contribution in [-0.4, -0.2) is 30.5 Å². The summed E-state index contributed by atoms with van der Waals surface area (Å²) >= 11 is 0. The number of benzene rings is 5. The monoisotopic (exact) mass is 762 g/mol. The van der Waals surface area contributed by atoms with Crippen LogP contribution in [0.3, 0.4) is 0 Å². The highest BCUT2D eigenvalue weighted by Gasteiger charge is 2.33. The van der Waals surface area contributed by atoms with Crippen LogP contribution in [0.1, 0.15) is 36.1 Å². The van der Waals surface area contributed by atoms with Crippen LogP contribution in [0.4, 0.5) is 0 Å². The van der Waals surface area contributed by atoms with Gasteiger partial charge in [-0.05, 0) is 48.2 Å². The average molecular weight is 763 g/mol. The molecule has 0 saturated heterocycles. The number of phenols is 1. The third-order valence-corrected chi connectivity index (χ3v) is 10.1. The van der Waals surface area contributed by atoms with E-state index in [1.165, 1.54) is 18.2 Å². The maximum Gasteiger partial charge on any atom is 0.475 e. The van der Waals surface area contributed by atoms with Gasteiger partial charge in [-0.25, -0.2) is 9.13 Å². The molecule has 5 rings (SSSR count). The molecule has 5 aromatic carbocycles. The smallest absolute Gasteiger partial charge is 0.475 e. The van der Waals surface area contributed by atoms with Crippen LogP contribution >= 0.6 is 15.6 Å². The molecule has 0 saturated carbocycles. The van der Waals surface area contributed by atoms with Crippen molar-refractivity contribution in [3.8, 4) is 17.2 Å². The first-order chi connectivity index (χ1) is 25.7. The largest absolute Gasteiger partial charge is 0.504 e. The molecule has 11 nitrogen and oxygen atoms in total. The van der Waals surface area contributed by atoms with Gasteiger partial charge in [-0.3, -0.25) is 27.1 Å². The second-order valence-corrected chi connectivity index (χ2v) is 15.4. The second kappa shape index (κ2) is 20.3. The van der Waals surface area contributed by atoms with E-state index >= 15 is 0 Å². The molecule has 0 atom stereocenters. The molecule has 0 aliphatic rings. The Morgan fingerprint density at radius 3 is 1.19 bits per heavy atom. The number of hydrogen-bond donors (Lipinski definition) is 1. The fraction of sp³-hybridized carbons (Fsp3) is 0.250. The minimum Gasteiger partial charge on any atom is -0.504 e. The topological polar surface area (TPSA) is 128 Å². The van der Waals surface area contributed by atoms with Crippen LogP contribution in [0.2, 0.25) is 0 Å². The van der Waals surface area contributed by atoms with Crippen molar-refractivity contribution in [2.45, 2.75) is 52.5 Å². The van der Waals surface area contributed by atoms with Gasteiger partial charge in [-0.1, -0.05) is 121 Å². The Balaban J connectivity index is 1.37. The summed E-state index contributed by atoms with van der Waals surface area (Å²) in [5.41, 5.74) is 3.02. The van der Waals surface area contributed by atoms with Crippen LogP contribution in [0.15, 0.2) is 140 Å². The van der Waals surface area contributed by atoms with Gasteiger partial charge in [0.25, 0.3) is 0 Å². The van der Waals surface area contributed by atoms with Gasteiger partial charge in [0.2, 0.25) is 0 Å². The molecule has 0 radical (unpaired) electrons. The van der Waals surface area contributed by atoms with Gasteiger partial charge in [0.1, 0.15) is 11.9 Å². The highest BCUT2D eigenvalue weighted by atomic mass is 31.2. The molecule has 0 amide bonds. The average Bonchev–Trinajstić information content (AvgIpc) is 3.19. The zero-order chi connectivity index (χ0) is 37.4. The predicted molar refractivity (Wildman–Crippen MR) is 200 cm³/mol. The quantitative estimate of drug-likeness (QED) is 0.0677. The van der Waals surface area contributed by atoms with Gasteiger partial charge in [-0.2, -0.15) is 0 Å². The first-order valence-electron chi connectivity index (χ1n) is 17.1. The molecule has 0 aliphatic carbocycles. The molecule has 0 spiro atoms. The number of aromatic hydroxyl groups is 1. The Hall–Kier alpha value is -4.28. The first-order valence-corrected chi connectivity index (χ1v) is 20.0. The van der Waals surface area contributed by atoms with Crippen molar-refractivity contribution in [3.63, 3.8) is 0 Å². The number of rotatable bonds is 22. The lowest BCUT2D eigenvalue weighted by Gasteiger charge is -2.25. The van der Waals surface area contributed by atoms with Crippen molar-refractivity contribution in [1.29, 1.82) is 0 Å². The lowest BCUT2D eigenvalue weighted by Crippen LogP contribution is -2.28. The van der Waals surface area contributed by atoms with Crippen molar-refractivity contribution in [2.24, 2.45) is 0 Å². The minimum atomic E-state index is -4.25. The van der Waals surface area contributed by atoms with Crippen LogP contribution in [0.25, 0.3) is 0 Å². The summed E-state index contributed by atoms with van der Waals surface area (Å²) in [4.78, 5) is 0. The van der Waals surface area contributed by atoms with E-state index in [2.05, 4.69) is 0 Å². The van der Waals surface area contributed by atoms with E-state index in [-0.39, 0.29) is 49.8 Å². The molecule has 0 unspecified atom stereocenters. The highest BCUT2D eigenvalue weighted by Crippen LogP contribution is 2.53. The number of phosphoric acid groups is 2. The van der Waals surface area contributed by atoms with E-state index in [4.69, 9.17) is 36.6 Å². The molecule has 13 heteroatoms. The van der Waals surface area contributed by atoms with Crippen molar-refractivity contribution < 1.29 is 50.9 Å². The molecule has 1 N–H and O–H groups in total. The van der Waals surface area contributed by atoms with E-state index < -0.39 is 35.0 Å². The van der Waals surface area contributed by atoms with Gasteiger partial charge in [-0.15, -0.1) is 0 Å². The highest BCUT2D eigenvalue weighted by molar-refractivity contribution is 7.48. The van der Waals surface area contributed by atoms with Gasteiger partial charge >= 0.3 is 15.6 Å². The maximum absolute atomic E-state index is 14.1. The van der Waals surface area contributed by atoms with Crippen molar-refractivity contribution >= 4 is 15.6 Å². The molecule has 0 fully saturated rings. The van der Waals surface area contributed by atoms with E-state index in [9.17, 15) is 14.2 Å². The van der Waals surface area contributed by atoms with Crippen molar-refractivity contribution in [1.82, 2.24) is 0 Å². The van der Waals surface area contributed by atoms with Crippen LogP contribution in [-0.2, 0) is 62.7 Å². The summed E-state index contributed by atoms with van der Waals surface area (Å²) in [6.07, 6.45) is -1.31. The molecule has 0 aromatic heterocycles. The Labute approximate surface area is 310 Å². The van der Waals surface area contributed by atoms with Crippen LogP contribution in [0, 0.1) is 0 Å². The molecular weight excluding hydrogens is 718 g/mol. The first kappa shape index (κ1) is 39.9. The van der Waals surface area contributed by atoms with E-state index in [0.29, 0.717) is 0 Å². The van der Waals surface area contributed by atoms with Crippen molar-refractivity contribution in [2.75, 3.05) is 13.2 Å². The summed E-state index contributed by atoms with van der Waals surface area (Å²) in [7, 11) is -8.49. The lowest BCUT2D eigenvalue weighted by molar-refractivity contribution is 0.0265. The van der Waals surface area contributed by atoms with Gasteiger partial charge in [0.15, 0.2) is 11.5 Å². The van der Waals surface area contributed by atoms with Crippen molar-refractivity contribution in [3.05, 3.63) is 162 Å². The van der Waals surface area contributed by atoms with Crippen LogP contribution in [0.5, 0.6) is 17.2 Å². The van der Waals surface area contributed by atoms with Gasteiger partial charge < -0.3 is 14.6 Å². The van der Waals surface area contributed by atoms with Crippen LogP contribution < -0.4 is 9.47 Å². The summed E-state index contributed by atoms with van der Waals surface area (Å²) in [5.74, 6) is 0.353. The van der Waals surface area contributed by atoms with E-state index in [1.54, 1.807) is 0 Å². The number of phenolic OH excluding ortho intramolecular Hbond substituents is 1.